The fraction of sp³-hybridized carbons (Fsp3) is 0.667. The minimum absolute atomic E-state index is 0.325. The molecule has 0 aromatic rings. The zero-order valence-corrected chi connectivity index (χ0v) is 7.38. The van der Waals surface area contributed by atoms with Gasteiger partial charge in [-0.25, -0.2) is 0 Å². The van der Waals surface area contributed by atoms with Crippen LogP contribution in [-0.4, -0.2) is 19.6 Å². The molecule has 0 amide bonds. The molecule has 0 bridgehead atoms. The highest BCUT2D eigenvalue weighted by Gasteiger charge is 2.14. The number of esters is 1. The highest BCUT2D eigenvalue weighted by Crippen LogP contribution is 2.08. The van der Waals surface area contributed by atoms with Crippen molar-refractivity contribution in [1.82, 2.24) is 0 Å². The van der Waals surface area contributed by atoms with Crippen molar-refractivity contribution in [3.8, 4) is 12.3 Å². The molecule has 0 heterocycles. The minimum Gasteiger partial charge on any atom is -0.468 e. The van der Waals surface area contributed by atoms with Crippen molar-refractivity contribution < 1.29 is 9.53 Å². The SMILES string of the molecule is C#C[C@@H](CCCCN)C(=O)OC. The fourth-order valence-electron chi connectivity index (χ4n) is 0.904. The fourth-order valence-corrected chi connectivity index (χ4v) is 0.904. The summed E-state index contributed by atoms with van der Waals surface area (Å²) in [4.78, 5) is 10.9. The van der Waals surface area contributed by atoms with Gasteiger partial charge in [-0.15, -0.1) is 6.42 Å². The molecule has 0 unspecified atom stereocenters. The smallest absolute Gasteiger partial charge is 0.320 e. The van der Waals surface area contributed by atoms with Crippen LogP contribution >= 0.6 is 0 Å². The number of methoxy groups -OCH3 is 1. The molecule has 12 heavy (non-hydrogen) atoms. The van der Waals surface area contributed by atoms with Gasteiger partial charge in [-0.05, 0) is 19.4 Å². The van der Waals surface area contributed by atoms with E-state index in [-0.39, 0.29) is 5.97 Å². The van der Waals surface area contributed by atoms with Gasteiger partial charge in [-0.2, -0.15) is 0 Å². The van der Waals surface area contributed by atoms with E-state index in [9.17, 15) is 4.79 Å². The Hall–Kier alpha value is -1.01. The standard InChI is InChI=1S/C9H15NO2/c1-3-8(9(11)12-2)6-4-5-7-10/h1,8H,4-7,10H2,2H3/t8-/m0/s1. The molecule has 0 spiro atoms. The predicted octanol–water partition coefficient (Wildman–Crippen LogP) is 0.538. The van der Waals surface area contributed by atoms with Crippen molar-refractivity contribution in [3.05, 3.63) is 0 Å². The number of carbonyl (C=O) groups excluding carboxylic acids is 1. The van der Waals surface area contributed by atoms with Crippen LogP contribution in [0.3, 0.4) is 0 Å². The molecule has 1 atom stereocenters. The van der Waals surface area contributed by atoms with E-state index >= 15 is 0 Å². The molecule has 2 N–H and O–H groups in total. The van der Waals surface area contributed by atoms with Crippen LogP contribution in [0.1, 0.15) is 19.3 Å². The molecular formula is C9H15NO2. The third-order valence-electron chi connectivity index (χ3n) is 1.63. The number of unbranched alkanes of at least 4 members (excludes halogenated alkanes) is 1. The second-order valence-corrected chi connectivity index (χ2v) is 2.53. The summed E-state index contributed by atoms with van der Waals surface area (Å²) in [6.45, 7) is 0.637. The van der Waals surface area contributed by atoms with Crippen molar-refractivity contribution in [3.63, 3.8) is 0 Å². The summed E-state index contributed by atoms with van der Waals surface area (Å²) in [6.07, 6.45) is 7.59. The summed E-state index contributed by atoms with van der Waals surface area (Å²) in [5.41, 5.74) is 5.30. The largest absolute Gasteiger partial charge is 0.468 e. The zero-order chi connectivity index (χ0) is 9.40. The lowest BCUT2D eigenvalue weighted by atomic mass is 10.0. The monoisotopic (exact) mass is 169 g/mol. The average molecular weight is 169 g/mol. The van der Waals surface area contributed by atoms with Crippen molar-refractivity contribution in [2.24, 2.45) is 11.7 Å². The predicted molar refractivity (Wildman–Crippen MR) is 47.2 cm³/mol. The van der Waals surface area contributed by atoms with Crippen LogP contribution in [0.25, 0.3) is 0 Å². The first kappa shape index (κ1) is 11.0. The van der Waals surface area contributed by atoms with Gasteiger partial charge in [0, 0.05) is 0 Å². The summed E-state index contributed by atoms with van der Waals surface area (Å²) < 4.78 is 4.52. The van der Waals surface area contributed by atoms with Crippen LogP contribution in [0.4, 0.5) is 0 Å². The van der Waals surface area contributed by atoms with Crippen LogP contribution in [0.5, 0.6) is 0 Å². The summed E-state index contributed by atoms with van der Waals surface area (Å²) in [5, 5.41) is 0. The first-order valence-electron chi connectivity index (χ1n) is 4.00. The maximum absolute atomic E-state index is 10.9. The van der Waals surface area contributed by atoms with E-state index in [0.717, 1.165) is 12.8 Å². The lowest BCUT2D eigenvalue weighted by Gasteiger charge is -2.06. The van der Waals surface area contributed by atoms with Gasteiger partial charge >= 0.3 is 5.97 Å². The Labute approximate surface area is 73.3 Å². The quantitative estimate of drug-likeness (QED) is 0.371. The van der Waals surface area contributed by atoms with E-state index in [2.05, 4.69) is 10.7 Å². The van der Waals surface area contributed by atoms with E-state index in [0.29, 0.717) is 13.0 Å². The van der Waals surface area contributed by atoms with E-state index in [4.69, 9.17) is 12.2 Å². The number of hydrogen-bond donors (Lipinski definition) is 1. The minimum atomic E-state index is -0.401. The molecule has 0 radical (unpaired) electrons. The number of carbonyl (C=O) groups is 1. The molecule has 0 aromatic carbocycles. The molecule has 0 aliphatic carbocycles. The van der Waals surface area contributed by atoms with Gasteiger partial charge < -0.3 is 10.5 Å². The van der Waals surface area contributed by atoms with E-state index in [1.54, 1.807) is 0 Å². The number of terminal acetylenes is 1. The van der Waals surface area contributed by atoms with Crippen molar-refractivity contribution in [1.29, 1.82) is 0 Å². The van der Waals surface area contributed by atoms with E-state index < -0.39 is 5.92 Å². The van der Waals surface area contributed by atoms with Gasteiger partial charge in [-0.3, -0.25) is 4.79 Å². The van der Waals surface area contributed by atoms with Crippen molar-refractivity contribution in [2.45, 2.75) is 19.3 Å². The van der Waals surface area contributed by atoms with Crippen molar-refractivity contribution in [2.75, 3.05) is 13.7 Å². The lowest BCUT2D eigenvalue weighted by molar-refractivity contribution is -0.143. The molecule has 3 nitrogen and oxygen atoms in total. The number of ether oxygens (including phenoxy) is 1. The normalized spacial score (nSPS) is 11.8. The van der Waals surface area contributed by atoms with Gasteiger partial charge in [0.15, 0.2) is 0 Å². The van der Waals surface area contributed by atoms with E-state index in [1.165, 1.54) is 7.11 Å². The van der Waals surface area contributed by atoms with Gasteiger partial charge in [0.05, 0.1) is 7.11 Å². The Morgan fingerprint density at radius 3 is 2.75 bits per heavy atom. The molecule has 0 rings (SSSR count). The topological polar surface area (TPSA) is 52.3 Å². The molecule has 0 fully saturated rings. The Morgan fingerprint density at radius 1 is 1.67 bits per heavy atom. The second-order valence-electron chi connectivity index (χ2n) is 2.53. The zero-order valence-electron chi connectivity index (χ0n) is 7.38. The first-order valence-corrected chi connectivity index (χ1v) is 4.00. The Kier molecular flexibility index (Phi) is 6.12. The maximum atomic E-state index is 10.9. The molecule has 0 aromatic heterocycles. The Morgan fingerprint density at radius 2 is 2.33 bits per heavy atom. The lowest BCUT2D eigenvalue weighted by Crippen LogP contribution is -2.14. The highest BCUT2D eigenvalue weighted by atomic mass is 16.5. The summed E-state index contributed by atoms with van der Waals surface area (Å²) >= 11 is 0. The van der Waals surface area contributed by atoms with Crippen LogP contribution in [0, 0.1) is 18.3 Å². The van der Waals surface area contributed by atoms with Crippen LogP contribution in [-0.2, 0) is 9.53 Å². The van der Waals surface area contributed by atoms with Crippen LogP contribution < -0.4 is 5.73 Å². The number of rotatable bonds is 5. The number of nitrogens with two attached hydrogens (primary N) is 1. The molecule has 3 heteroatoms. The average Bonchev–Trinajstić information content (AvgIpc) is 2.11. The number of hydrogen-bond acceptors (Lipinski definition) is 3. The first-order chi connectivity index (χ1) is 5.76. The van der Waals surface area contributed by atoms with Crippen LogP contribution in [0.2, 0.25) is 0 Å². The van der Waals surface area contributed by atoms with Gasteiger partial charge in [0.25, 0.3) is 0 Å². The Balaban J connectivity index is 3.70. The second kappa shape index (κ2) is 6.68. The van der Waals surface area contributed by atoms with Gasteiger partial charge in [0.1, 0.15) is 5.92 Å². The maximum Gasteiger partial charge on any atom is 0.320 e. The third-order valence-corrected chi connectivity index (χ3v) is 1.63. The summed E-state index contributed by atoms with van der Waals surface area (Å²) in [5.74, 6) is 1.67. The molecule has 0 aliphatic rings. The summed E-state index contributed by atoms with van der Waals surface area (Å²) in [6, 6.07) is 0. The van der Waals surface area contributed by atoms with Gasteiger partial charge in [-0.1, -0.05) is 12.3 Å². The third kappa shape index (κ3) is 3.99. The van der Waals surface area contributed by atoms with Gasteiger partial charge in [0.2, 0.25) is 0 Å². The molecule has 0 saturated carbocycles. The summed E-state index contributed by atoms with van der Waals surface area (Å²) in [7, 11) is 1.34. The van der Waals surface area contributed by atoms with Crippen molar-refractivity contribution >= 4 is 5.97 Å². The molecule has 0 saturated heterocycles. The highest BCUT2D eigenvalue weighted by molar-refractivity contribution is 5.75. The van der Waals surface area contributed by atoms with E-state index in [1.807, 2.05) is 0 Å². The molecule has 0 aliphatic heterocycles. The Bertz CT molecular complexity index is 172. The molecule has 68 valence electrons. The van der Waals surface area contributed by atoms with Crippen LogP contribution in [0.15, 0.2) is 0 Å². The molecular weight excluding hydrogens is 154 g/mol.